The fraction of sp³-hybridized carbons (Fsp3) is 0.909. The van der Waals surface area contributed by atoms with E-state index in [2.05, 4.69) is 24.5 Å². The lowest BCUT2D eigenvalue weighted by Crippen LogP contribution is -2.59. The zero-order chi connectivity index (χ0) is 21.1. The molecule has 3 N–H and O–H groups in total. The number of amides is 3. The van der Waals surface area contributed by atoms with E-state index >= 15 is 0 Å². The van der Waals surface area contributed by atoms with Gasteiger partial charge in [-0.3, -0.25) is 4.79 Å². The SMILES string of the molecule is CCNC(=O)N[C@H]1CC[C@]2(C)CC[C@@H]([C@H](C)C(=O)N(CC)CC)[C@H](O)[C@H]2[C@@H]1C. The summed E-state index contributed by atoms with van der Waals surface area (Å²) in [5.41, 5.74) is 0.0761. The highest BCUT2D eigenvalue weighted by atomic mass is 16.3. The summed E-state index contributed by atoms with van der Waals surface area (Å²) in [7, 11) is 0. The van der Waals surface area contributed by atoms with Crippen molar-refractivity contribution in [1.82, 2.24) is 15.5 Å². The highest BCUT2D eigenvalue weighted by molar-refractivity contribution is 5.78. The van der Waals surface area contributed by atoms with Gasteiger partial charge in [-0.15, -0.1) is 0 Å². The molecule has 2 rings (SSSR count). The number of hydrogen-bond acceptors (Lipinski definition) is 3. The number of urea groups is 1. The molecule has 0 aromatic rings. The van der Waals surface area contributed by atoms with Crippen LogP contribution in [0.2, 0.25) is 0 Å². The van der Waals surface area contributed by atoms with E-state index in [0.29, 0.717) is 19.6 Å². The summed E-state index contributed by atoms with van der Waals surface area (Å²) in [6.45, 7) is 14.3. The Balaban J connectivity index is 2.16. The lowest BCUT2D eigenvalue weighted by atomic mass is 9.51. The molecule has 0 saturated heterocycles. The van der Waals surface area contributed by atoms with E-state index in [1.54, 1.807) is 0 Å². The van der Waals surface area contributed by atoms with Gasteiger partial charge >= 0.3 is 6.03 Å². The molecule has 6 heteroatoms. The van der Waals surface area contributed by atoms with Crippen LogP contribution < -0.4 is 10.6 Å². The van der Waals surface area contributed by atoms with E-state index in [1.807, 2.05) is 32.6 Å². The molecular weight excluding hydrogens is 354 g/mol. The quantitative estimate of drug-likeness (QED) is 0.647. The summed E-state index contributed by atoms with van der Waals surface area (Å²) in [4.78, 5) is 26.8. The van der Waals surface area contributed by atoms with E-state index in [9.17, 15) is 14.7 Å². The Morgan fingerprint density at radius 1 is 1.18 bits per heavy atom. The molecule has 2 aliphatic carbocycles. The number of rotatable bonds is 6. The van der Waals surface area contributed by atoms with Crippen molar-refractivity contribution in [3.63, 3.8) is 0 Å². The largest absolute Gasteiger partial charge is 0.392 e. The molecule has 0 aromatic carbocycles. The van der Waals surface area contributed by atoms with Gasteiger partial charge in [-0.25, -0.2) is 4.79 Å². The van der Waals surface area contributed by atoms with Crippen LogP contribution in [0, 0.1) is 29.1 Å². The third-order valence-electron chi connectivity index (χ3n) is 7.65. The minimum atomic E-state index is -0.512. The number of fused-ring (bicyclic) bond motifs is 1. The topological polar surface area (TPSA) is 81.7 Å². The minimum Gasteiger partial charge on any atom is -0.392 e. The molecule has 3 amide bonds. The second-order valence-corrected chi connectivity index (χ2v) is 9.18. The molecule has 0 radical (unpaired) electrons. The third-order valence-corrected chi connectivity index (χ3v) is 7.65. The Kier molecular flexibility index (Phi) is 7.77. The summed E-state index contributed by atoms with van der Waals surface area (Å²) in [5, 5.41) is 17.3. The lowest BCUT2D eigenvalue weighted by Gasteiger charge is -2.56. The number of nitrogens with zero attached hydrogens (tertiary/aromatic N) is 1. The zero-order valence-electron chi connectivity index (χ0n) is 18.6. The van der Waals surface area contributed by atoms with Crippen molar-refractivity contribution in [2.75, 3.05) is 19.6 Å². The van der Waals surface area contributed by atoms with Crippen molar-refractivity contribution < 1.29 is 14.7 Å². The van der Waals surface area contributed by atoms with Gasteiger partial charge in [0, 0.05) is 31.6 Å². The second-order valence-electron chi connectivity index (χ2n) is 9.18. The summed E-state index contributed by atoms with van der Waals surface area (Å²) in [6.07, 6.45) is 3.36. The molecular formula is C22H41N3O3. The van der Waals surface area contributed by atoms with Gasteiger partial charge in [0.25, 0.3) is 0 Å². The fourth-order valence-corrected chi connectivity index (χ4v) is 5.88. The fourth-order valence-electron chi connectivity index (χ4n) is 5.88. The van der Waals surface area contributed by atoms with E-state index in [4.69, 9.17) is 0 Å². The number of aliphatic hydroxyl groups excluding tert-OH is 1. The lowest BCUT2D eigenvalue weighted by molar-refractivity contribution is -0.149. The summed E-state index contributed by atoms with van der Waals surface area (Å²) < 4.78 is 0. The Hall–Kier alpha value is -1.30. The van der Waals surface area contributed by atoms with Crippen LogP contribution in [0.15, 0.2) is 0 Å². The molecule has 0 spiro atoms. The summed E-state index contributed by atoms with van der Waals surface area (Å²) >= 11 is 0. The van der Waals surface area contributed by atoms with E-state index in [0.717, 1.165) is 25.7 Å². The smallest absolute Gasteiger partial charge is 0.315 e. The van der Waals surface area contributed by atoms with Gasteiger partial charge in [0.1, 0.15) is 0 Å². The minimum absolute atomic E-state index is 0.0168. The first-order chi connectivity index (χ1) is 13.2. The van der Waals surface area contributed by atoms with Crippen molar-refractivity contribution in [2.45, 2.75) is 79.4 Å². The Morgan fingerprint density at radius 2 is 1.79 bits per heavy atom. The van der Waals surface area contributed by atoms with Crippen LogP contribution in [0.25, 0.3) is 0 Å². The first-order valence-corrected chi connectivity index (χ1v) is 11.2. The van der Waals surface area contributed by atoms with Crippen LogP contribution in [0.4, 0.5) is 4.79 Å². The number of hydrogen-bond donors (Lipinski definition) is 3. The predicted octanol–water partition coefficient (Wildman–Crippen LogP) is 3.00. The van der Waals surface area contributed by atoms with E-state index in [-0.39, 0.29) is 47.1 Å². The normalized spacial score (nSPS) is 36.2. The standard InChI is InChI=1S/C22H41N3O3/c1-7-23-21(28)24-17-11-13-22(6)12-10-16(19(26)18(22)15(17)5)14(4)20(27)25(8-2)9-3/h14-19,26H,7-13H2,1-6H3,(H2,23,24,28)/t14-,15+,16-,17-,18+,19-,22-/m0/s1. The average Bonchev–Trinajstić information content (AvgIpc) is 2.65. The number of nitrogens with one attached hydrogen (secondary N) is 2. The molecule has 162 valence electrons. The number of aliphatic hydroxyl groups is 1. The molecule has 7 atom stereocenters. The van der Waals surface area contributed by atoms with Crippen molar-refractivity contribution in [2.24, 2.45) is 29.1 Å². The highest BCUT2D eigenvalue weighted by Gasteiger charge is 2.54. The number of carbonyl (C=O) groups is 2. The average molecular weight is 396 g/mol. The monoisotopic (exact) mass is 395 g/mol. The van der Waals surface area contributed by atoms with Gasteiger partial charge in [0.05, 0.1) is 6.10 Å². The Morgan fingerprint density at radius 3 is 2.36 bits per heavy atom. The second kappa shape index (κ2) is 9.47. The van der Waals surface area contributed by atoms with Crippen LogP contribution in [0.5, 0.6) is 0 Å². The molecule has 2 saturated carbocycles. The molecule has 2 aliphatic rings. The van der Waals surface area contributed by atoms with Crippen LogP contribution in [-0.2, 0) is 4.79 Å². The first kappa shape index (κ1) is 23.0. The van der Waals surface area contributed by atoms with E-state index in [1.165, 1.54) is 0 Å². The van der Waals surface area contributed by atoms with Crippen LogP contribution in [-0.4, -0.2) is 53.7 Å². The molecule has 28 heavy (non-hydrogen) atoms. The van der Waals surface area contributed by atoms with Crippen LogP contribution >= 0.6 is 0 Å². The van der Waals surface area contributed by atoms with Crippen LogP contribution in [0.3, 0.4) is 0 Å². The van der Waals surface area contributed by atoms with Crippen molar-refractivity contribution in [1.29, 1.82) is 0 Å². The van der Waals surface area contributed by atoms with Crippen molar-refractivity contribution >= 4 is 11.9 Å². The molecule has 6 nitrogen and oxygen atoms in total. The van der Waals surface area contributed by atoms with E-state index < -0.39 is 6.10 Å². The molecule has 2 fully saturated rings. The molecule has 0 bridgehead atoms. The van der Waals surface area contributed by atoms with Gasteiger partial charge in [0.15, 0.2) is 0 Å². The zero-order valence-corrected chi connectivity index (χ0v) is 18.6. The Labute approximate surface area is 170 Å². The van der Waals surface area contributed by atoms with Gasteiger partial charge in [0.2, 0.25) is 5.91 Å². The predicted molar refractivity (Wildman–Crippen MR) is 112 cm³/mol. The molecule has 0 heterocycles. The third kappa shape index (κ3) is 4.47. The molecule has 0 aliphatic heterocycles. The number of carbonyl (C=O) groups excluding carboxylic acids is 2. The maximum absolute atomic E-state index is 12.9. The Bertz CT molecular complexity index is 551. The van der Waals surface area contributed by atoms with Crippen molar-refractivity contribution in [3.8, 4) is 0 Å². The first-order valence-electron chi connectivity index (χ1n) is 11.2. The summed E-state index contributed by atoms with van der Waals surface area (Å²) in [6, 6.07) is -0.0679. The molecule has 0 aromatic heterocycles. The maximum Gasteiger partial charge on any atom is 0.315 e. The van der Waals surface area contributed by atoms with Crippen LogP contribution in [0.1, 0.15) is 67.2 Å². The highest BCUT2D eigenvalue weighted by Crippen LogP contribution is 2.55. The molecule has 0 unspecified atom stereocenters. The summed E-state index contributed by atoms with van der Waals surface area (Å²) in [5.74, 6) is 0.229. The van der Waals surface area contributed by atoms with Gasteiger partial charge in [-0.1, -0.05) is 20.8 Å². The van der Waals surface area contributed by atoms with Gasteiger partial charge < -0.3 is 20.6 Å². The van der Waals surface area contributed by atoms with Gasteiger partial charge in [-0.05, 0) is 69.6 Å². The van der Waals surface area contributed by atoms with Crippen molar-refractivity contribution in [3.05, 3.63) is 0 Å². The maximum atomic E-state index is 12.9. The van der Waals surface area contributed by atoms with Gasteiger partial charge in [-0.2, -0.15) is 0 Å².